The van der Waals surface area contributed by atoms with E-state index in [-0.39, 0.29) is 17.8 Å². The van der Waals surface area contributed by atoms with Gasteiger partial charge in [0.2, 0.25) is 0 Å². The Hall–Kier alpha value is -3.76. The molecule has 0 aliphatic heterocycles. The van der Waals surface area contributed by atoms with Crippen molar-refractivity contribution >= 4 is 39.8 Å². The summed E-state index contributed by atoms with van der Waals surface area (Å²) in [5.41, 5.74) is 5.09. The minimum Gasteiger partial charge on any atom is -0.478 e. The zero-order chi connectivity index (χ0) is 23.5. The Bertz CT molecular complexity index is 1410. The van der Waals surface area contributed by atoms with E-state index in [4.69, 9.17) is 11.6 Å². The maximum Gasteiger partial charge on any atom is 0.335 e. The summed E-state index contributed by atoms with van der Waals surface area (Å²) in [6.07, 6.45) is 0.539. The molecule has 4 rings (SSSR count). The molecule has 5 heteroatoms. The first-order chi connectivity index (χ1) is 15.8. The van der Waals surface area contributed by atoms with Gasteiger partial charge in [0.25, 0.3) is 0 Å². The standard InChI is InChI=1S/C28H22ClNO3/c1-17-6-5-9-24(28(32)33)21(17)13-15-27(31)23-8-4-3-7-22(23)18(2)25-14-11-19-10-12-20(29)16-26(19)30-25/h3-12,14,16H,2,13,15H2,1H3,(H,32,33). The number of Topliss-reactive ketones (excluding diaryl/α,β-unsaturated/α-hetero) is 1. The lowest BCUT2D eigenvalue weighted by atomic mass is 9.91. The van der Waals surface area contributed by atoms with Gasteiger partial charge in [-0.05, 0) is 54.3 Å². The highest BCUT2D eigenvalue weighted by atomic mass is 35.5. The lowest BCUT2D eigenvalue weighted by Crippen LogP contribution is -2.09. The molecule has 4 aromatic rings. The van der Waals surface area contributed by atoms with Crippen LogP contribution in [0, 0.1) is 6.92 Å². The van der Waals surface area contributed by atoms with Crippen LogP contribution in [-0.2, 0) is 6.42 Å². The SMILES string of the molecule is C=C(c1ccc2ccc(Cl)cc2n1)c1ccccc1C(=O)CCc1c(C)cccc1C(=O)O. The maximum absolute atomic E-state index is 13.2. The first-order valence-corrected chi connectivity index (χ1v) is 10.9. The van der Waals surface area contributed by atoms with E-state index in [0.29, 0.717) is 39.4 Å². The Kier molecular flexibility index (Phi) is 6.38. The third-order valence-corrected chi connectivity index (χ3v) is 5.99. The number of aromatic carboxylic acids is 1. The molecule has 4 nitrogen and oxygen atoms in total. The second kappa shape index (κ2) is 9.39. The van der Waals surface area contributed by atoms with E-state index in [1.54, 1.807) is 24.3 Å². The van der Waals surface area contributed by atoms with Crippen LogP contribution >= 0.6 is 11.6 Å². The monoisotopic (exact) mass is 455 g/mol. The lowest BCUT2D eigenvalue weighted by Gasteiger charge is -2.13. The highest BCUT2D eigenvalue weighted by Gasteiger charge is 2.18. The van der Waals surface area contributed by atoms with Gasteiger partial charge in [0.05, 0.1) is 16.8 Å². The molecule has 1 heterocycles. The van der Waals surface area contributed by atoms with Gasteiger partial charge in [0.1, 0.15) is 0 Å². The highest BCUT2D eigenvalue weighted by Crippen LogP contribution is 2.28. The molecule has 3 aromatic carbocycles. The molecular formula is C28H22ClNO3. The van der Waals surface area contributed by atoms with E-state index in [0.717, 1.165) is 16.5 Å². The van der Waals surface area contributed by atoms with E-state index in [1.165, 1.54) is 0 Å². The number of carbonyl (C=O) groups excluding carboxylic acids is 1. The topological polar surface area (TPSA) is 67.3 Å². The number of rotatable bonds is 7. The molecule has 33 heavy (non-hydrogen) atoms. The zero-order valence-electron chi connectivity index (χ0n) is 18.1. The number of hydrogen-bond donors (Lipinski definition) is 1. The van der Waals surface area contributed by atoms with Gasteiger partial charge in [0.15, 0.2) is 5.78 Å². The summed E-state index contributed by atoms with van der Waals surface area (Å²) in [4.78, 5) is 29.5. The number of fused-ring (bicyclic) bond motifs is 1. The molecule has 0 aliphatic rings. The fourth-order valence-corrected chi connectivity index (χ4v) is 4.16. The molecule has 0 saturated heterocycles. The summed E-state index contributed by atoms with van der Waals surface area (Å²) in [5, 5.41) is 11.1. The van der Waals surface area contributed by atoms with Crippen LogP contribution in [0.15, 0.2) is 79.4 Å². The second-order valence-electron chi connectivity index (χ2n) is 7.89. The molecular weight excluding hydrogens is 434 g/mol. The average molecular weight is 456 g/mol. The van der Waals surface area contributed by atoms with E-state index in [1.807, 2.05) is 55.5 Å². The molecule has 1 aromatic heterocycles. The van der Waals surface area contributed by atoms with Gasteiger partial charge in [-0.1, -0.05) is 66.7 Å². The number of aryl methyl sites for hydroxylation is 1. The molecule has 164 valence electrons. The predicted octanol–water partition coefficient (Wildman–Crippen LogP) is 6.77. The summed E-state index contributed by atoms with van der Waals surface area (Å²) in [7, 11) is 0. The summed E-state index contributed by atoms with van der Waals surface area (Å²) < 4.78 is 0. The van der Waals surface area contributed by atoms with Crippen molar-refractivity contribution < 1.29 is 14.7 Å². The maximum atomic E-state index is 13.2. The van der Waals surface area contributed by atoms with Gasteiger partial charge >= 0.3 is 5.97 Å². The Morgan fingerprint density at radius 1 is 0.939 bits per heavy atom. The second-order valence-corrected chi connectivity index (χ2v) is 8.32. The average Bonchev–Trinajstić information content (AvgIpc) is 2.81. The predicted molar refractivity (Wildman–Crippen MR) is 132 cm³/mol. The number of aromatic nitrogens is 1. The summed E-state index contributed by atoms with van der Waals surface area (Å²) >= 11 is 6.12. The summed E-state index contributed by atoms with van der Waals surface area (Å²) in [6, 6.07) is 21.8. The number of hydrogen-bond acceptors (Lipinski definition) is 3. The molecule has 0 spiro atoms. The third-order valence-electron chi connectivity index (χ3n) is 5.76. The van der Waals surface area contributed by atoms with Gasteiger partial charge in [0, 0.05) is 28.0 Å². The molecule has 0 saturated carbocycles. The number of carboxylic acids is 1. The van der Waals surface area contributed by atoms with Crippen molar-refractivity contribution in [3.8, 4) is 0 Å². The number of carbonyl (C=O) groups is 2. The van der Waals surface area contributed by atoms with Crippen LogP contribution in [0.25, 0.3) is 16.5 Å². The number of halogens is 1. The Balaban J connectivity index is 1.62. The molecule has 0 fully saturated rings. The number of ketones is 1. The molecule has 0 amide bonds. The first kappa shape index (κ1) is 22.4. The number of carboxylic acid groups (broad SMARTS) is 1. The van der Waals surface area contributed by atoms with E-state index in [9.17, 15) is 14.7 Å². The first-order valence-electron chi connectivity index (χ1n) is 10.5. The summed E-state index contributed by atoms with van der Waals surface area (Å²) in [5.74, 6) is -1.06. The van der Waals surface area contributed by atoms with Gasteiger partial charge < -0.3 is 5.11 Å². The molecule has 0 aliphatic carbocycles. The van der Waals surface area contributed by atoms with Crippen molar-refractivity contribution in [2.45, 2.75) is 19.8 Å². The lowest BCUT2D eigenvalue weighted by molar-refractivity contribution is 0.0694. The third kappa shape index (κ3) is 4.71. The smallest absolute Gasteiger partial charge is 0.335 e. The van der Waals surface area contributed by atoms with Gasteiger partial charge in [-0.2, -0.15) is 0 Å². The number of nitrogens with zero attached hydrogens (tertiary/aromatic N) is 1. The van der Waals surface area contributed by atoms with Crippen LogP contribution in [0.2, 0.25) is 5.02 Å². The molecule has 0 unspecified atom stereocenters. The fraction of sp³-hybridized carbons (Fsp3) is 0.107. The minimum absolute atomic E-state index is 0.0739. The molecule has 0 atom stereocenters. The van der Waals surface area contributed by atoms with Crippen LogP contribution in [0.4, 0.5) is 0 Å². The Morgan fingerprint density at radius 3 is 2.39 bits per heavy atom. The zero-order valence-corrected chi connectivity index (χ0v) is 18.9. The van der Waals surface area contributed by atoms with Crippen LogP contribution in [0.5, 0.6) is 0 Å². The summed E-state index contributed by atoms with van der Waals surface area (Å²) in [6.45, 7) is 6.07. The van der Waals surface area contributed by atoms with E-state index >= 15 is 0 Å². The Labute approximate surface area is 197 Å². The largest absolute Gasteiger partial charge is 0.478 e. The van der Waals surface area contributed by atoms with Crippen molar-refractivity contribution in [3.63, 3.8) is 0 Å². The van der Waals surface area contributed by atoms with Gasteiger partial charge in [-0.25, -0.2) is 9.78 Å². The Morgan fingerprint density at radius 2 is 1.64 bits per heavy atom. The van der Waals surface area contributed by atoms with Crippen LogP contribution in [0.3, 0.4) is 0 Å². The molecule has 1 N–H and O–H groups in total. The fourth-order valence-electron chi connectivity index (χ4n) is 3.99. The van der Waals surface area contributed by atoms with E-state index in [2.05, 4.69) is 11.6 Å². The van der Waals surface area contributed by atoms with Crippen molar-refractivity contribution in [1.82, 2.24) is 4.98 Å². The normalized spacial score (nSPS) is 10.8. The van der Waals surface area contributed by atoms with E-state index < -0.39 is 5.97 Å². The van der Waals surface area contributed by atoms with Crippen molar-refractivity contribution in [2.75, 3.05) is 0 Å². The van der Waals surface area contributed by atoms with Crippen molar-refractivity contribution in [2.24, 2.45) is 0 Å². The molecule has 0 bridgehead atoms. The van der Waals surface area contributed by atoms with Crippen LogP contribution < -0.4 is 0 Å². The van der Waals surface area contributed by atoms with Crippen molar-refractivity contribution in [3.05, 3.63) is 118 Å². The minimum atomic E-state index is -0.989. The van der Waals surface area contributed by atoms with Crippen LogP contribution in [0.1, 0.15) is 49.5 Å². The quantitative estimate of drug-likeness (QED) is 0.312. The number of benzene rings is 3. The molecule has 0 radical (unpaired) electrons. The highest BCUT2D eigenvalue weighted by molar-refractivity contribution is 6.31. The van der Waals surface area contributed by atoms with Crippen LogP contribution in [-0.4, -0.2) is 21.8 Å². The van der Waals surface area contributed by atoms with Gasteiger partial charge in [-0.3, -0.25) is 4.79 Å². The van der Waals surface area contributed by atoms with Gasteiger partial charge in [-0.15, -0.1) is 0 Å². The number of pyridine rings is 1. The van der Waals surface area contributed by atoms with Crippen molar-refractivity contribution in [1.29, 1.82) is 0 Å².